The van der Waals surface area contributed by atoms with Gasteiger partial charge in [0.15, 0.2) is 0 Å². The fraction of sp³-hybridized carbons (Fsp3) is 0.571. The first-order chi connectivity index (χ1) is 8.26. The highest BCUT2D eigenvalue weighted by Gasteiger charge is 2.32. The van der Waals surface area contributed by atoms with Gasteiger partial charge in [-0.2, -0.15) is 0 Å². The molecule has 1 fully saturated rings. The lowest BCUT2D eigenvalue weighted by Gasteiger charge is -2.26. The van der Waals surface area contributed by atoms with E-state index < -0.39 is 0 Å². The number of aryl methyl sites for hydroxylation is 1. The number of benzene rings is 1. The number of hydrogen-bond donors (Lipinski definition) is 2. The van der Waals surface area contributed by atoms with Crippen molar-refractivity contribution in [2.45, 2.75) is 38.8 Å². The van der Waals surface area contributed by atoms with Gasteiger partial charge in [0.2, 0.25) is 0 Å². The zero-order chi connectivity index (χ0) is 12.3. The van der Waals surface area contributed by atoms with E-state index >= 15 is 0 Å². The molecule has 3 unspecified atom stereocenters. The van der Waals surface area contributed by atoms with Crippen molar-refractivity contribution < 1.29 is 4.74 Å². The third-order valence-corrected chi connectivity index (χ3v) is 3.67. The van der Waals surface area contributed by atoms with Crippen LogP contribution in [0.3, 0.4) is 0 Å². The second-order valence-corrected chi connectivity index (χ2v) is 4.84. The summed E-state index contributed by atoms with van der Waals surface area (Å²) in [5.74, 6) is 6.27. The molecule has 2 rings (SSSR count). The van der Waals surface area contributed by atoms with E-state index in [2.05, 4.69) is 43.5 Å². The molecule has 3 atom stereocenters. The molecule has 3 nitrogen and oxygen atoms in total. The number of hydrogen-bond acceptors (Lipinski definition) is 3. The average Bonchev–Trinajstić information content (AvgIpc) is 2.77. The van der Waals surface area contributed by atoms with Gasteiger partial charge in [-0.15, -0.1) is 0 Å². The Labute approximate surface area is 103 Å². The van der Waals surface area contributed by atoms with Crippen LogP contribution in [0, 0.1) is 5.92 Å². The van der Waals surface area contributed by atoms with Crippen molar-refractivity contribution in [2.75, 3.05) is 6.61 Å². The van der Waals surface area contributed by atoms with Crippen molar-refractivity contribution in [2.24, 2.45) is 11.8 Å². The van der Waals surface area contributed by atoms with Gasteiger partial charge in [-0.3, -0.25) is 11.3 Å². The van der Waals surface area contributed by atoms with Gasteiger partial charge in [0.25, 0.3) is 0 Å². The number of rotatable bonds is 4. The maximum Gasteiger partial charge on any atom is 0.0808 e. The fourth-order valence-electron chi connectivity index (χ4n) is 2.53. The van der Waals surface area contributed by atoms with E-state index in [9.17, 15) is 0 Å². The van der Waals surface area contributed by atoms with Crippen molar-refractivity contribution in [3.63, 3.8) is 0 Å². The normalized spacial score (nSPS) is 26.1. The van der Waals surface area contributed by atoms with Crippen LogP contribution >= 0.6 is 0 Å². The highest BCUT2D eigenvalue weighted by molar-refractivity contribution is 5.27. The highest BCUT2D eigenvalue weighted by Crippen LogP contribution is 2.31. The summed E-state index contributed by atoms with van der Waals surface area (Å²) >= 11 is 0. The van der Waals surface area contributed by atoms with Crippen molar-refractivity contribution >= 4 is 0 Å². The van der Waals surface area contributed by atoms with Crippen LogP contribution in [0.1, 0.15) is 37.4 Å². The number of ether oxygens (including phenoxy) is 1. The third-order valence-electron chi connectivity index (χ3n) is 3.67. The molecule has 1 aliphatic rings. The molecule has 0 amide bonds. The van der Waals surface area contributed by atoms with Crippen LogP contribution < -0.4 is 11.3 Å². The van der Waals surface area contributed by atoms with Crippen LogP contribution in [0.25, 0.3) is 0 Å². The van der Waals surface area contributed by atoms with Crippen LogP contribution in [0.15, 0.2) is 24.3 Å². The lowest BCUT2D eigenvalue weighted by molar-refractivity contribution is 0.0607. The monoisotopic (exact) mass is 234 g/mol. The van der Waals surface area contributed by atoms with E-state index in [1.54, 1.807) is 0 Å². The van der Waals surface area contributed by atoms with Crippen molar-refractivity contribution in [1.82, 2.24) is 5.43 Å². The molecule has 3 N–H and O–H groups in total. The van der Waals surface area contributed by atoms with E-state index in [0.29, 0.717) is 5.92 Å². The summed E-state index contributed by atoms with van der Waals surface area (Å²) in [5, 5.41) is 0. The maximum atomic E-state index is 5.80. The standard InChI is InChI=1S/C14H22N2O/c1-3-11-5-4-6-12(9-11)13(16-15)14-10(2)7-8-17-14/h4-6,9-10,13-14,16H,3,7-8,15H2,1-2H3. The third kappa shape index (κ3) is 2.68. The second kappa shape index (κ2) is 5.63. The van der Waals surface area contributed by atoms with Crippen LogP contribution in [0.5, 0.6) is 0 Å². The minimum atomic E-state index is 0.0963. The van der Waals surface area contributed by atoms with Crippen LogP contribution in [0.4, 0.5) is 0 Å². The Morgan fingerprint density at radius 2 is 2.35 bits per heavy atom. The molecule has 1 heterocycles. The molecule has 17 heavy (non-hydrogen) atoms. The minimum absolute atomic E-state index is 0.0963. The molecule has 94 valence electrons. The van der Waals surface area contributed by atoms with Gasteiger partial charge in [-0.1, -0.05) is 38.1 Å². The molecule has 1 aromatic rings. The van der Waals surface area contributed by atoms with Gasteiger partial charge in [0, 0.05) is 6.61 Å². The molecular formula is C14H22N2O. The van der Waals surface area contributed by atoms with E-state index in [4.69, 9.17) is 10.6 Å². The zero-order valence-electron chi connectivity index (χ0n) is 10.6. The summed E-state index contributed by atoms with van der Waals surface area (Å²) in [6.07, 6.45) is 2.36. The molecule has 0 saturated carbocycles. The predicted molar refractivity (Wildman–Crippen MR) is 69.4 cm³/mol. The Balaban J connectivity index is 2.21. The van der Waals surface area contributed by atoms with Crippen molar-refractivity contribution in [3.8, 4) is 0 Å². The summed E-state index contributed by atoms with van der Waals surface area (Å²) < 4.78 is 5.80. The van der Waals surface area contributed by atoms with Gasteiger partial charge >= 0.3 is 0 Å². The first-order valence-corrected chi connectivity index (χ1v) is 6.42. The quantitative estimate of drug-likeness (QED) is 0.620. The largest absolute Gasteiger partial charge is 0.376 e. The lowest BCUT2D eigenvalue weighted by Crippen LogP contribution is -2.38. The highest BCUT2D eigenvalue weighted by atomic mass is 16.5. The second-order valence-electron chi connectivity index (χ2n) is 4.84. The van der Waals surface area contributed by atoms with Crippen molar-refractivity contribution in [3.05, 3.63) is 35.4 Å². The lowest BCUT2D eigenvalue weighted by atomic mass is 9.92. The zero-order valence-corrected chi connectivity index (χ0v) is 10.6. The van der Waals surface area contributed by atoms with Gasteiger partial charge in [0.05, 0.1) is 12.1 Å². The van der Waals surface area contributed by atoms with Crippen LogP contribution in [-0.2, 0) is 11.2 Å². The summed E-state index contributed by atoms with van der Waals surface area (Å²) in [6, 6.07) is 8.68. The molecule has 3 heteroatoms. The van der Waals surface area contributed by atoms with Crippen molar-refractivity contribution in [1.29, 1.82) is 0 Å². The topological polar surface area (TPSA) is 47.3 Å². The molecule has 1 aliphatic heterocycles. The van der Waals surface area contributed by atoms with Crippen LogP contribution in [0.2, 0.25) is 0 Å². The summed E-state index contributed by atoms with van der Waals surface area (Å²) in [6.45, 7) is 5.24. The molecule has 1 aromatic carbocycles. The Bertz CT molecular complexity index is 367. The van der Waals surface area contributed by atoms with E-state index in [1.165, 1.54) is 11.1 Å². The molecule has 0 radical (unpaired) electrons. The predicted octanol–water partition coefficient (Wildman–Crippen LogP) is 2.18. The van der Waals surface area contributed by atoms with Gasteiger partial charge in [-0.25, -0.2) is 0 Å². The van der Waals surface area contributed by atoms with E-state index in [1.807, 2.05) is 0 Å². The van der Waals surface area contributed by atoms with E-state index in [-0.39, 0.29) is 12.1 Å². The molecule has 0 aliphatic carbocycles. The SMILES string of the molecule is CCc1cccc(C(NN)C2OCCC2C)c1. The van der Waals surface area contributed by atoms with Crippen LogP contribution in [-0.4, -0.2) is 12.7 Å². The van der Waals surface area contributed by atoms with Gasteiger partial charge in [-0.05, 0) is 29.9 Å². The Kier molecular flexibility index (Phi) is 4.15. The molecule has 0 aromatic heterocycles. The van der Waals surface area contributed by atoms with Gasteiger partial charge in [0.1, 0.15) is 0 Å². The first-order valence-electron chi connectivity index (χ1n) is 6.42. The first kappa shape index (κ1) is 12.6. The smallest absolute Gasteiger partial charge is 0.0808 e. The summed E-state index contributed by atoms with van der Waals surface area (Å²) in [7, 11) is 0. The number of hydrazine groups is 1. The Hall–Kier alpha value is -0.900. The van der Waals surface area contributed by atoms with Gasteiger partial charge < -0.3 is 4.74 Å². The molecule has 1 saturated heterocycles. The minimum Gasteiger partial charge on any atom is -0.376 e. The molecule has 0 bridgehead atoms. The average molecular weight is 234 g/mol. The molecule has 0 spiro atoms. The number of nitrogens with one attached hydrogen (secondary N) is 1. The summed E-state index contributed by atoms with van der Waals surface area (Å²) in [5.41, 5.74) is 5.49. The maximum absolute atomic E-state index is 5.80. The number of nitrogens with two attached hydrogens (primary N) is 1. The Morgan fingerprint density at radius 1 is 1.53 bits per heavy atom. The van der Waals surface area contributed by atoms with E-state index in [0.717, 1.165) is 19.4 Å². The summed E-state index contributed by atoms with van der Waals surface area (Å²) in [4.78, 5) is 0. The fourth-order valence-corrected chi connectivity index (χ4v) is 2.53. The Morgan fingerprint density at radius 3 is 2.94 bits per heavy atom. The molecular weight excluding hydrogens is 212 g/mol.